The van der Waals surface area contributed by atoms with E-state index in [4.69, 9.17) is 4.74 Å². The smallest absolute Gasteiger partial charge is 0.357 e. The molecule has 0 atom stereocenters. The summed E-state index contributed by atoms with van der Waals surface area (Å²) >= 11 is 0.143. The molecule has 0 amide bonds. The van der Waals surface area contributed by atoms with E-state index in [1.807, 2.05) is 7.05 Å². The van der Waals surface area contributed by atoms with E-state index in [0.29, 0.717) is 0 Å². The first-order valence-electron chi connectivity index (χ1n) is 36.5. The molecule has 0 fully saturated rings. The maximum atomic E-state index is 4.80. The third-order valence-electron chi connectivity index (χ3n) is 11.7. The topological polar surface area (TPSA) is 88.7 Å². The Hall–Kier alpha value is -3.43. The van der Waals surface area contributed by atoms with Crippen LogP contribution < -0.4 is 117 Å². The van der Waals surface area contributed by atoms with Gasteiger partial charge in [0.05, 0.1) is 0 Å². The molecule has 0 radical (unpaired) electrons. The second-order valence-electron chi connectivity index (χ2n) is 21.6. The standard InChI is InChI=1S/5C12H10I.C5H15NSi.C4H13NSi.C4H12OSi.C3H10Si.C2H8OSi.5C2H6O/c5*1-3-7-11(8-4-1)13-12-9-5-2-6-10-12;1-2-6-4-3-5-7;2*1-5-3-2-4-6;1-2-3-4;1-3-2-4;5*1-3-2/h5*1-10H;6H,2-5H2,1,7H3;5H,2-4H2,1,6H3;2-4H2,1,6H3;2-3H2,1,4H3;2H2,1,4H3;5*1-2H3/q5*+1;;;;;;;;;;. The lowest BCUT2D eigenvalue weighted by Crippen LogP contribution is -3.61. The molecule has 9 nitrogen and oxygen atoms in total. The highest BCUT2D eigenvalue weighted by atomic mass is 127. The fourth-order valence-electron chi connectivity index (χ4n) is 6.53. The van der Waals surface area contributed by atoms with Gasteiger partial charge in [0.1, 0.15) is 0 Å². The minimum atomic E-state index is 0.0287. The maximum absolute atomic E-state index is 4.80. The molecular weight excluding hydrogens is 1970 g/mol. The van der Waals surface area contributed by atoms with Gasteiger partial charge in [0, 0.05) is 149 Å². The van der Waals surface area contributed by atoms with Crippen LogP contribution in [0.4, 0.5) is 0 Å². The van der Waals surface area contributed by atoms with E-state index < -0.39 is 0 Å². The van der Waals surface area contributed by atoms with E-state index >= 15 is 0 Å². The summed E-state index contributed by atoms with van der Waals surface area (Å²) in [7, 11) is 28.3. The highest BCUT2D eigenvalue weighted by Crippen LogP contribution is 1.91. The van der Waals surface area contributed by atoms with Crippen molar-refractivity contribution >= 4 is 51.2 Å². The summed E-state index contributed by atoms with van der Waals surface area (Å²) in [6.07, 6.45) is 6.33. The van der Waals surface area contributed by atoms with Gasteiger partial charge >= 0.3 is 106 Å². The summed E-state index contributed by atoms with van der Waals surface area (Å²) in [6.45, 7) is 8.86. The zero-order chi connectivity index (χ0) is 80.2. The van der Waals surface area contributed by atoms with Crippen LogP contribution in [0.25, 0.3) is 0 Å². The van der Waals surface area contributed by atoms with Crippen LogP contribution in [0.15, 0.2) is 303 Å². The van der Waals surface area contributed by atoms with Gasteiger partial charge in [0.15, 0.2) is 35.7 Å². The predicted molar refractivity (Wildman–Crippen MR) is 465 cm³/mol. The molecule has 2 N–H and O–H groups in total. The van der Waals surface area contributed by atoms with E-state index in [2.05, 4.69) is 356 Å². The number of hydrogen-bond acceptors (Lipinski definition) is 9. The van der Waals surface area contributed by atoms with E-state index in [1.54, 1.807) is 85.3 Å². The summed E-state index contributed by atoms with van der Waals surface area (Å²) in [5, 5.41) is 6.36. The fraction of sp³-hybridized carbons (Fsp3) is 0.318. The highest BCUT2D eigenvalue weighted by molar-refractivity contribution is 6.09. The van der Waals surface area contributed by atoms with Crippen molar-refractivity contribution in [3.63, 3.8) is 0 Å². The number of ether oxygens (including phenoxy) is 7. The largest absolute Gasteiger partial charge is 0.389 e. The molecule has 0 aliphatic heterocycles. The minimum absolute atomic E-state index is 0.0287. The highest BCUT2D eigenvalue weighted by Gasteiger charge is 2.16. The number of benzene rings is 10. The van der Waals surface area contributed by atoms with E-state index in [9.17, 15) is 0 Å². The lowest BCUT2D eigenvalue weighted by atomic mass is 10.4. The molecule has 0 spiro atoms. The lowest BCUT2D eigenvalue weighted by molar-refractivity contribution is -0.597. The SMILES string of the molecule is CCC[SiH3].CCNCCC[SiH3].CNCCC[SiH3].COC.COC.COC.COC.COC.COCCC[SiH3].COC[SiH3].c1ccc([I+]c2ccccc2)cc1.c1ccc([I+]c2ccccc2)cc1.c1ccc([I+]c2ccccc2)cc1.c1ccc([I+]c2ccccc2)cc1.c1ccc([I+]c2ccccc2)cc1. The van der Waals surface area contributed by atoms with Crippen LogP contribution in [0.3, 0.4) is 0 Å². The van der Waals surface area contributed by atoms with Crippen LogP contribution in [-0.4, -0.2) is 176 Å². The van der Waals surface area contributed by atoms with Crippen molar-refractivity contribution in [3.05, 3.63) is 339 Å². The molecular formula is C88H138I5N2O7Si5+5. The van der Waals surface area contributed by atoms with Crippen molar-refractivity contribution in [3.8, 4) is 0 Å². The van der Waals surface area contributed by atoms with Crippen LogP contribution in [0.5, 0.6) is 0 Å². The van der Waals surface area contributed by atoms with Gasteiger partial charge in [-0.3, -0.25) is 0 Å². The second kappa shape index (κ2) is 98.7. The quantitative estimate of drug-likeness (QED) is 0.0478. The van der Waals surface area contributed by atoms with E-state index in [1.165, 1.54) is 150 Å². The van der Waals surface area contributed by atoms with Crippen molar-refractivity contribution in [1.29, 1.82) is 0 Å². The summed E-state index contributed by atoms with van der Waals surface area (Å²) in [5.41, 5.74) is 0. The average molecular weight is 2110 g/mol. The van der Waals surface area contributed by atoms with Gasteiger partial charge in [-0.1, -0.05) is 226 Å². The Labute approximate surface area is 720 Å². The molecule has 10 aromatic carbocycles. The molecule has 10 rings (SSSR count). The number of hydrogen-bond donors (Lipinski definition) is 2. The Kier molecular flexibility index (Phi) is 103. The van der Waals surface area contributed by atoms with Crippen LogP contribution in [0, 0.1) is 35.7 Å². The van der Waals surface area contributed by atoms with Gasteiger partial charge < -0.3 is 43.8 Å². The van der Waals surface area contributed by atoms with Crippen molar-refractivity contribution in [2.45, 2.75) is 63.7 Å². The molecule has 0 aliphatic carbocycles. The van der Waals surface area contributed by atoms with Gasteiger partial charge in [-0.15, -0.1) is 0 Å². The molecule has 0 saturated carbocycles. The van der Waals surface area contributed by atoms with Gasteiger partial charge in [0.25, 0.3) is 0 Å². The average Bonchev–Trinajstić information content (AvgIpc) is 1.04. The third-order valence-corrected chi connectivity index (χ3v) is 28.8. The molecule has 19 heteroatoms. The number of halogens is 5. The first kappa shape index (κ1) is 112. The fourth-order valence-corrected chi connectivity index (χ4v) is 18.9. The van der Waals surface area contributed by atoms with E-state index in [-0.39, 0.29) is 106 Å². The monoisotopic (exact) mass is 2110 g/mol. The Balaban J connectivity index is -0.000000360. The molecule has 592 valence electrons. The molecule has 0 saturated heterocycles. The van der Waals surface area contributed by atoms with Crippen molar-refractivity contribution < 1.29 is 139 Å². The Bertz CT molecular complexity index is 2470. The molecule has 0 heterocycles. The predicted octanol–water partition coefficient (Wildman–Crippen LogP) is -1.52. The number of nitrogens with one attached hydrogen (secondary N) is 2. The minimum Gasteiger partial charge on any atom is -0.389 e. The zero-order valence-corrected chi connectivity index (χ0v) is 89.6. The first-order chi connectivity index (χ1) is 52.4. The van der Waals surface area contributed by atoms with Crippen LogP contribution >= 0.6 is 0 Å². The van der Waals surface area contributed by atoms with Crippen LogP contribution in [-0.2, 0) is 33.2 Å². The number of rotatable bonds is 22. The molecule has 107 heavy (non-hydrogen) atoms. The maximum Gasteiger partial charge on any atom is 0.357 e. The summed E-state index contributed by atoms with van der Waals surface area (Å²) in [4.78, 5) is 0. The Morgan fingerprint density at radius 2 is 0.411 bits per heavy atom. The third kappa shape index (κ3) is 88.0. The van der Waals surface area contributed by atoms with Crippen molar-refractivity contribution in [1.82, 2.24) is 10.6 Å². The lowest BCUT2D eigenvalue weighted by Gasteiger charge is -1.95. The summed E-state index contributed by atoms with van der Waals surface area (Å²) in [6, 6.07) is 113. The normalized spacial score (nSPS) is 9.15. The van der Waals surface area contributed by atoms with E-state index in [0.717, 1.165) is 19.4 Å². The second-order valence-corrected chi connectivity index (χ2v) is 41.3. The van der Waals surface area contributed by atoms with Gasteiger partial charge in [-0.05, 0) is 167 Å². The van der Waals surface area contributed by atoms with Gasteiger partial charge in [0.2, 0.25) is 0 Å². The van der Waals surface area contributed by atoms with Crippen molar-refractivity contribution in [2.75, 3.05) is 125 Å². The summed E-state index contributed by atoms with van der Waals surface area (Å²) < 4.78 is 45.4. The van der Waals surface area contributed by atoms with Gasteiger partial charge in [-0.2, -0.15) is 0 Å². The molecule has 0 bridgehead atoms. The summed E-state index contributed by atoms with van der Waals surface area (Å²) in [5.74, 6) is 0. The molecule has 0 aliphatic rings. The molecule has 0 aromatic heterocycles. The Morgan fingerprint density at radius 3 is 0.505 bits per heavy atom. The van der Waals surface area contributed by atoms with Crippen LogP contribution in [0.1, 0.15) is 39.5 Å². The van der Waals surface area contributed by atoms with Gasteiger partial charge in [-0.25, -0.2) is 0 Å². The number of methoxy groups -OCH3 is 7. The zero-order valence-electron chi connectivity index (χ0n) is 68.8. The van der Waals surface area contributed by atoms with Crippen molar-refractivity contribution in [2.24, 2.45) is 0 Å². The Morgan fingerprint density at radius 1 is 0.252 bits per heavy atom. The van der Waals surface area contributed by atoms with Crippen LogP contribution in [0.2, 0.25) is 24.2 Å². The first-order valence-corrected chi connectivity index (χ1v) is 54.3. The molecule has 10 aromatic rings. The molecule has 0 unspecified atom stereocenters.